The molecule has 0 spiro atoms. The van der Waals surface area contributed by atoms with Gasteiger partial charge in [0.1, 0.15) is 11.9 Å². The van der Waals surface area contributed by atoms with Gasteiger partial charge in [-0.25, -0.2) is 0 Å². The maximum atomic E-state index is 9.05. The van der Waals surface area contributed by atoms with E-state index in [2.05, 4.69) is 0 Å². The summed E-state index contributed by atoms with van der Waals surface area (Å²) in [4.78, 5) is 0. The quantitative estimate of drug-likeness (QED) is 0.513. The molecule has 0 bridgehead atoms. The van der Waals surface area contributed by atoms with E-state index in [0.717, 1.165) is 17.7 Å². The highest BCUT2D eigenvalue weighted by Crippen LogP contribution is 2.30. The predicted octanol–water partition coefficient (Wildman–Crippen LogP) is 0.725. The smallest absolute Gasteiger partial charge is 0.288 e. The first-order valence-corrected chi connectivity index (χ1v) is 4.35. The molecule has 0 saturated carbocycles. The van der Waals surface area contributed by atoms with E-state index in [0.29, 0.717) is 5.56 Å². The molecule has 0 amide bonds. The van der Waals surface area contributed by atoms with Gasteiger partial charge in [0, 0.05) is 6.42 Å². The fourth-order valence-corrected chi connectivity index (χ4v) is 1.61. The van der Waals surface area contributed by atoms with Crippen LogP contribution in [-0.4, -0.2) is 16.3 Å². The molecule has 3 heteroatoms. The molecule has 3 nitrogen and oxygen atoms in total. The number of aliphatic hydroxyl groups is 1. The Bertz CT molecular complexity index is 320. The van der Waals surface area contributed by atoms with Gasteiger partial charge in [-0.05, 0) is 30.7 Å². The van der Waals surface area contributed by atoms with Crippen molar-refractivity contribution in [3.8, 4) is 5.75 Å². The largest absolute Gasteiger partial charge is 0.490 e. The molecule has 2 atom stereocenters. The summed E-state index contributed by atoms with van der Waals surface area (Å²) in [5.74, 6) is 0.886. The maximum absolute atomic E-state index is 9.05. The van der Waals surface area contributed by atoms with Gasteiger partial charge in [0.05, 0.1) is 5.56 Å². The fourth-order valence-electron chi connectivity index (χ4n) is 1.61. The number of fused-ring (bicyclic) bond motifs is 1. The van der Waals surface area contributed by atoms with Gasteiger partial charge in [-0.3, -0.25) is 0 Å². The first-order chi connectivity index (χ1) is 6.16. The molecule has 1 aliphatic rings. The average molecular weight is 181 g/mol. The highest BCUT2D eigenvalue weighted by Gasteiger charge is 2.20. The van der Waals surface area contributed by atoms with Crippen LogP contribution >= 0.6 is 0 Å². The van der Waals surface area contributed by atoms with Crippen molar-refractivity contribution in [3.05, 3.63) is 29.3 Å². The third-order valence-electron chi connectivity index (χ3n) is 2.24. The SMILES string of the molecule is CC1Cc2cc(C(O)[OH2+])ccc2O1. The minimum atomic E-state index is -1.14. The van der Waals surface area contributed by atoms with Crippen molar-refractivity contribution in [2.75, 3.05) is 0 Å². The number of ether oxygens (including phenoxy) is 1. The molecule has 0 radical (unpaired) electrons. The van der Waals surface area contributed by atoms with Crippen molar-refractivity contribution in [2.24, 2.45) is 0 Å². The molecule has 2 unspecified atom stereocenters. The van der Waals surface area contributed by atoms with Crippen molar-refractivity contribution < 1.29 is 14.9 Å². The van der Waals surface area contributed by atoms with Gasteiger partial charge in [0.2, 0.25) is 0 Å². The molecular weight excluding hydrogens is 168 g/mol. The summed E-state index contributed by atoms with van der Waals surface area (Å²) < 4.78 is 5.50. The molecule has 2 rings (SSSR count). The standard InChI is InChI=1S/C10H12O3/c1-6-4-8-5-7(10(11)12)2-3-9(8)13-6/h2-3,5-6,10-12H,4H2,1H3/p+1. The number of aliphatic hydroxyl groups excluding tert-OH is 1. The number of hydrogen-bond acceptors (Lipinski definition) is 2. The fraction of sp³-hybridized carbons (Fsp3) is 0.400. The van der Waals surface area contributed by atoms with E-state index in [1.54, 1.807) is 6.07 Å². The molecular formula is C10H13O3+. The molecule has 1 aromatic carbocycles. The second-order valence-corrected chi connectivity index (χ2v) is 3.40. The summed E-state index contributed by atoms with van der Waals surface area (Å²) >= 11 is 0. The number of benzene rings is 1. The minimum Gasteiger partial charge on any atom is -0.490 e. The van der Waals surface area contributed by atoms with Crippen LogP contribution in [0, 0.1) is 0 Å². The van der Waals surface area contributed by atoms with Crippen LogP contribution in [-0.2, 0) is 6.42 Å². The van der Waals surface area contributed by atoms with Gasteiger partial charge in [0.25, 0.3) is 6.29 Å². The average Bonchev–Trinajstić information content (AvgIpc) is 2.42. The van der Waals surface area contributed by atoms with E-state index in [1.165, 1.54) is 0 Å². The Morgan fingerprint density at radius 1 is 1.62 bits per heavy atom. The number of rotatable bonds is 1. The van der Waals surface area contributed by atoms with Crippen molar-refractivity contribution >= 4 is 0 Å². The van der Waals surface area contributed by atoms with Crippen molar-refractivity contribution in [3.63, 3.8) is 0 Å². The Hall–Kier alpha value is -1.06. The highest BCUT2D eigenvalue weighted by atomic mass is 16.5. The van der Waals surface area contributed by atoms with E-state index < -0.39 is 6.29 Å². The van der Waals surface area contributed by atoms with Crippen LogP contribution < -0.4 is 4.74 Å². The lowest BCUT2D eigenvalue weighted by Crippen LogP contribution is -2.05. The second kappa shape index (κ2) is 3.01. The molecule has 1 aromatic rings. The van der Waals surface area contributed by atoms with Crippen LogP contribution in [0.2, 0.25) is 0 Å². The monoisotopic (exact) mass is 181 g/mol. The van der Waals surface area contributed by atoms with Crippen LogP contribution in [0.4, 0.5) is 0 Å². The summed E-state index contributed by atoms with van der Waals surface area (Å²) in [6, 6.07) is 5.40. The molecule has 0 saturated heterocycles. The summed E-state index contributed by atoms with van der Waals surface area (Å²) in [5, 5.41) is 16.2. The van der Waals surface area contributed by atoms with E-state index in [-0.39, 0.29) is 6.10 Å². The first-order valence-electron chi connectivity index (χ1n) is 4.35. The Morgan fingerprint density at radius 2 is 2.38 bits per heavy atom. The Morgan fingerprint density at radius 3 is 3.08 bits per heavy atom. The molecule has 0 aliphatic carbocycles. The first kappa shape index (κ1) is 8.53. The van der Waals surface area contributed by atoms with Crippen molar-refractivity contribution in [1.82, 2.24) is 0 Å². The summed E-state index contributed by atoms with van der Waals surface area (Å²) in [6.45, 7) is 2.01. The molecule has 0 aromatic heterocycles. The van der Waals surface area contributed by atoms with E-state index in [9.17, 15) is 0 Å². The topological polar surface area (TPSA) is 52.4 Å². The normalized spacial score (nSPS) is 22.2. The van der Waals surface area contributed by atoms with Crippen LogP contribution in [0.3, 0.4) is 0 Å². The Balaban J connectivity index is 2.35. The van der Waals surface area contributed by atoms with Crippen LogP contribution in [0.25, 0.3) is 0 Å². The molecule has 13 heavy (non-hydrogen) atoms. The number of hydrogen-bond donors (Lipinski definition) is 1. The van der Waals surface area contributed by atoms with Gasteiger partial charge < -0.3 is 14.9 Å². The van der Waals surface area contributed by atoms with Gasteiger partial charge in [-0.15, -0.1) is 0 Å². The lowest BCUT2D eigenvalue weighted by Gasteiger charge is -2.03. The van der Waals surface area contributed by atoms with Gasteiger partial charge in [0.15, 0.2) is 0 Å². The van der Waals surface area contributed by atoms with Gasteiger partial charge in [-0.1, -0.05) is 0 Å². The molecule has 70 valence electrons. The molecule has 1 heterocycles. The third kappa shape index (κ3) is 1.53. The van der Waals surface area contributed by atoms with E-state index >= 15 is 0 Å². The van der Waals surface area contributed by atoms with Gasteiger partial charge >= 0.3 is 0 Å². The Labute approximate surface area is 76.6 Å². The Kier molecular flexibility index (Phi) is 1.98. The van der Waals surface area contributed by atoms with E-state index in [4.69, 9.17) is 14.9 Å². The minimum absolute atomic E-state index is 0.216. The van der Waals surface area contributed by atoms with Crippen LogP contribution in [0.1, 0.15) is 24.3 Å². The maximum Gasteiger partial charge on any atom is 0.288 e. The highest BCUT2D eigenvalue weighted by molar-refractivity contribution is 5.40. The lowest BCUT2D eigenvalue weighted by molar-refractivity contribution is -0.0425. The molecule has 1 aliphatic heterocycles. The second-order valence-electron chi connectivity index (χ2n) is 3.40. The van der Waals surface area contributed by atoms with Crippen molar-refractivity contribution in [1.29, 1.82) is 0 Å². The predicted molar refractivity (Wildman–Crippen MR) is 48.8 cm³/mol. The third-order valence-corrected chi connectivity index (χ3v) is 2.24. The van der Waals surface area contributed by atoms with Crippen molar-refractivity contribution in [2.45, 2.75) is 25.7 Å². The lowest BCUT2D eigenvalue weighted by atomic mass is 10.1. The van der Waals surface area contributed by atoms with Crippen LogP contribution in [0.15, 0.2) is 18.2 Å². The summed E-state index contributed by atoms with van der Waals surface area (Å²) in [5.41, 5.74) is 1.73. The summed E-state index contributed by atoms with van der Waals surface area (Å²) in [7, 11) is 0. The van der Waals surface area contributed by atoms with Crippen LogP contribution in [0.5, 0.6) is 5.75 Å². The molecule has 3 N–H and O–H groups in total. The molecule has 0 fully saturated rings. The summed E-state index contributed by atoms with van der Waals surface area (Å²) in [6.07, 6.45) is -0.0510. The van der Waals surface area contributed by atoms with E-state index in [1.807, 2.05) is 19.1 Å². The van der Waals surface area contributed by atoms with Gasteiger partial charge in [-0.2, -0.15) is 0 Å². The zero-order valence-corrected chi connectivity index (χ0v) is 7.45. The zero-order chi connectivity index (χ0) is 9.42. The zero-order valence-electron chi connectivity index (χ0n) is 7.45.